The van der Waals surface area contributed by atoms with Gasteiger partial charge in [-0.3, -0.25) is 4.79 Å². The zero-order valence-electron chi connectivity index (χ0n) is 9.80. The van der Waals surface area contributed by atoms with Gasteiger partial charge in [-0.15, -0.1) is 0 Å². The lowest BCUT2D eigenvalue weighted by Gasteiger charge is -2.28. The van der Waals surface area contributed by atoms with E-state index in [4.69, 9.17) is 4.74 Å². The van der Waals surface area contributed by atoms with Crippen LogP contribution in [0.15, 0.2) is 0 Å². The molecule has 1 unspecified atom stereocenters. The van der Waals surface area contributed by atoms with Crippen LogP contribution in [0.1, 0.15) is 46.5 Å². The summed E-state index contributed by atoms with van der Waals surface area (Å²) >= 11 is 0. The summed E-state index contributed by atoms with van der Waals surface area (Å²) in [6, 6.07) is 0. The van der Waals surface area contributed by atoms with Gasteiger partial charge in [0, 0.05) is 13.5 Å². The van der Waals surface area contributed by atoms with E-state index in [1.54, 1.807) is 7.11 Å². The highest BCUT2D eigenvalue weighted by molar-refractivity contribution is 5.83. The monoisotopic (exact) mass is 198 g/mol. The fourth-order valence-corrected chi connectivity index (χ4v) is 1.85. The third-order valence-corrected chi connectivity index (χ3v) is 2.81. The quantitative estimate of drug-likeness (QED) is 0.679. The van der Waals surface area contributed by atoms with Crippen LogP contribution >= 0.6 is 0 Å². The van der Waals surface area contributed by atoms with E-state index in [0.29, 0.717) is 6.42 Å². The van der Waals surface area contributed by atoms with Crippen LogP contribution in [0.25, 0.3) is 0 Å². The molecule has 0 heterocycles. The molecule has 0 N–H and O–H groups in total. The van der Waals surface area contributed by atoms with Crippen molar-refractivity contribution in [1.82, 2.24) is 0 Å². The SMILES string of the molecule is COC(C(=O)CCC1CC1)C(C)(C)C. The maximum Gasteiger partial charge on any atom is 0.162 e. The van der Waals surface area contributed by atoms with Crippen molar-refractivity contribution in [2.24, 2.45) is 11.3 Å². The van der Waals surface area contributed by atoms with Crippen LogP contribution in [0.3, 0.4) is 0 Å². The second-order valence-corrected chi connectivity index (χ2v) is 5.43. The Morgan fingerprint density at radius 1 is 1.43 bits per heavy atom. The first-order chi connectivity index (χ1) is 6.45. The lowest BCUT2D eigenvalue weighted by molar-refractivity contribution is -0.135. The summed E-state index contributed by atoms with van der Waals surface area (Å²) in [5.74, 6) is 1.10. The first kappa shape index (κ1) is 11.7. The molecule has 1 rings (SSSR count). The standard InChI is InChI=1S/C12H22O2/c1-12(2,3)11(14-4)10(13)8-7-9-5-6-9/h9,11H,5-8H2,1-4H3. The van der Waals surface area contributed by atoms with Gasteiger partial charge in [0.15, 0.2) is 5.78 Å². The Kier molecular flexibility index (Phi) is 3.71. The van der Waals surface area contributed by atoms with Crippen molar-refractivity contribution in [1.29, 1.82) is 0 Å². The van der Waals surface area contributed by atoms with Crippen LogP contribution in [0.2, 0.25) is 0 Å². The van der Waals surface area contributed by atoms with Crippen LogP contribution in [0.4, 0.5) is 0 Å². The highest BCUT2D eigenvalue weighted by Gasteiger charge is 2.32. The first-order valence-electron chi connectivity index (χ1n) is 5.50. The molecule has 0 spiro atoms. The Morgan fingerprint density at radius 2 is 2.00 bits per heavy atom. The van der Waals surface area contributed by atoms with Gasteiger partial charge in [0.05, 0.1) is 0 Å². The van der Waals surface area contributed by atoms with E-state index in [0.717, 1.165) is 12.3 Å². The normalized spacial score (nSPS) is 19.4. The van der Waals surface area contributed by atoms with Crippen molar-refractivity contribution >= 4 is 5.78 Å². The topological polar surface area (TPSA) is 26.3 Å². The number of Topliss-reactive ketones (excluding diaryl/α,β-unsaturated/α-hetero) is 1. The molecule has 0 aromatic rings. The molecule has 1 saturated carbocycles. The minimum atomic E-state index is -0.235. The molecule has 2 heteroatoms. The second-order valence-electron chi connectivity index (χ2n) is 5.43. The first-order valence-corrected chi connectivity index (χ1v) is 5.50. The molecule has 0 radical (unpaired) electrons. The van der Waals surface area contributed by atoms with E-state index in [2.05, 4.69) is 20.8 Å². The maximum absolute atomic E-state index is 11.8. The van der Waals surface area contributed by atoms with Crippen molar-refractivity contribution in [3.8, 4) is 0 Å². The lowest BCUT2D eigenvalue weighted by Crippen LogP contribution is -2.36. The van der Waals surface area contributed by atoms with E-state index in [1.807, 2.05) is 0 Å². The van der Waals surface area contributed by atoms with Gasteiger partial charge in [0.25, 0.3) is 0 Å². The Bertz CT molecular complexity index is 199. The number of carbonyl (C=O) groups excluding carboxylic acids is 1. The van der Waals surface area contributed by atoms with Crippen LogP contribution in [-0.4, -0.2) is 19.0 Å². The summed E-state index contributed by atoms with van der Waals surface area (Å²) in [7, 11) is 1.63. The number of hydrogen-bond acceptors (Lipinski definition) is 2. The van der Waals surface area contributed by atoms with Crippen molar-refractivity contribution in [2.75, 3.05) is 7.11 Å². The number of carbonyl (C=O) groups is 1. The molecule has 0 aromatic carbocycles. The largest absolute Gasteiger partial charge is 0.373 e. The zero-order valence-corrected chi connectivity index (χ0v) is 9.80. The summed E-state index contributed by atoms with van der Waals surface area (Å²) in [4.78, 5) is 11.8. The number of rotatable bonds is 5. The van der Waals surface area contributed by atoms with Gasteiger partial charge in [-0.05, 0) is 17.8 Å². The van der Waals surface area contributed by atoms with Crippen molar-refractivity contribution in [2.45, 2.75) is 52.6 Å². The van der Waals surface area contributed by atoms with E-state index >= 15 is 0 Å². The third-order valence-electron chi connectivity index (χ3n) is 2.81. The minimum Gasteiger partial charge on any atom is -0.373 e. The van der Waals surface area contributed by atoms with Crippen molar-refractivity contribution < 1.29 is 9.53 Å². The van der Waals surface area contributed by atoms with Gasteiger partial charge in [-0.1, -0.05) is 33.6 Å². The average molecular weight is 198 g/mol. The molecule has 1 aliphatic rings. The molecule has 2 nitrogen and oxygen atoms in total. The Morgan fingerprint density at radius 3 is 2.36 bits per heavy atom. The fraction of sp³-hybridized carbons (Fsp3) is 0.917. The second kappa shape index (κ2) is 4.43. The average Bonchev–Trinajstić information content (AvgIpc) is 2.82. The zero-order chi connectivity index (χ0) is 10.8. The van der Waals surface area contributed by atoms with Gasteiger partial charge in [-0.25, -0.2) is 0 Å². The predicted octanol–water partition coefficient (Wildman–Crippen LogP) is 2.81. The van der Waals surface area contributed by atoms with Crippen LogP contribution in [0, 0.1) is 11.3 Å². The molecule has 0 saturated heterocycles. The molecule has 14 heavy (non-hydrogen) atoms. The van der Waals surface area contributed by atoms with Crippen LogP contribution < -0.4 is 0 Å². The number of ether oxygens (including phenoxy) is 1. The smallest absolute Gasteiger partial charge is 0.162 e. The molecule has 0 bridgehead atoms. The van der Waals surface area contributed by atoms with Gasteiger partial charge in [-0.2, -0.15) is 0 Å². The Labute approximate surface area is 87.0 Å². The fourth-order valence-electron chi connectivity index (χ4n) is 1.85. The summed E-state index contributed by atoms with van der Waals surface area (Å²) in [6.45, 7) is 6.16. The van der Waals surface area contributed by atoms with Crippen LogP contribution in [-0.2, 0) is 9.53 Å². The minimum absolute atomic E-state index is 0.0740. The summed E-state index contributed by atoms with van der Waals surface area (Å²) in [6.07, 6.45) is 4.16. The van der Waals surface area contributed by atoms with Gasteiger partial charge in [0.2, 0.25) is 0 Å². The Balaban J connectivity index is 2.38. The predicted molar refractivity (Wildman–Crippen MR) is 57.2 cm³/mol. The summed E-state index contributed by atoms with van der Waals surface area (Å²) < 4.78 is 5.28. The Hall–Kier alpha value is -0.370. The summed E-state index contributed by atoms with van der Waals surface area (Å²) in [5, 5.41) is 0. The molecule has 0 aliphatic heterocycles. The third kappa shape index (κ3) is 3.41. The van der Waals surface area contributed by atoms with E-state index in [9.17, 15) is 4.79 Å². The highest BCUT2D eigenvalue weighted by atomic mass is 16.5. The van der Waals surface area contributed by atoms with Crippen molar-refractivity contribution in [3.63, 3.8) is 0 Å². The number of ketones is 1. The molecular formula is C12H22O2. The van der Waals surface area contributed by atoms with Gasteiger partial charge in [0.1, 0.15) is 6.10 Å². The van der Waals surface area contributed by atoms with Crippen LogP contribution in [0.5, 0.6) is 0 Å². The number of hydrogen-bond donors (Lipinski definition) is 0. The van der Waals surface area contributed by atoms with Gasteiger partial charge >= 0.3 is 0 Å². The maximum atomic E-state index is 11.8. The van der Waals surface area contributed by atoms with E-state index in [1.165, 1.54) is 12.8 Å². The van der Waals surface area contributed by atoms with E-state index < -0.39 is 0 Å². The molecular weight excluding hydrogens is 176 g/mol. The lowest BCUT2D eigenvalue weighted by atomic mass is 9.85. The molecule has 0 amide bonds. The van der Waals surface area contributed by atoms with Gasteiger partial charge < -0.3 is 4.74 Å². The molecule has 82 valence electrons. The molecule has 1 fully saturated rings. The summed E-state index contributed by atoms with van der Waals surface area (Å²) in [5.41, 5.74) is -0.0740. The highest BCUT2D eigenvalue weighted by Crippen LogP contribution is 2.34. The van der Waals surface area contributed by atoms with Crippen molar-refractivity contribution in [3.05, 3.63) is 0 Å². The number of methoxy groups -OCH3 is 1. The molecule has 0 aromatic heterocycles. The molecule has 1 aliphatic carbocycles. The van der Waals surface area contributed by atoms with E-state index in [-0.39, 0.29) is 17.3 Å². The molecule has 1 atom stereocenters.